The molecule has 19 heavy (non-hydrogen) atoms. The van der Waals surface area contributed by atoms with E-state index in [1.165, 1.54) is 11.3 Å². The molecule has 0 bridgehead atoms. The Morgan fingerprint density at radius 2 is 2.37 bits per heavy atom. The third-order valence-electron chi connectivity index (χ3n) is 2.73. The van der Waals surface area contributed by atoms with Gasteiger partial charge in [0, 0.05) is 28.6 Å². The van der Waals surface area contributed by atoms with Gasteiger partial charge in [0.15, 0.2) is 0 Å². The van der Waals surface area contributed by atoms with Crippen LogP contribution in [0.15, 0.2) is 24.5 Å². The molecule has 2 heterocycles. The lowest BCUT2D eigenvalue weighted by Gasteiger charge is -2.09. The standard InChI is InChI=1S/C13H15N3OS2/c1-8-11(10(7-18-2)12(14)17)19-13(16-8)9-4-3-5-15-6-9/h3-6,10H,7H2,1-2H3,(H2,14,17). The van der Waals surface area contributed by atoms with Gasteiger partial charge in [-0.25, -0.2) is 4.98 Å². The van der Waals surface area contributed by atoms with Gasteiger partial charge in [-0.15, -0.1) is 11.3 Å². The van der Waals surface area contributed by atoms with E-state index in [0.29, 0.717) is 5.75 Å². The molecule has 0 aliphatic rings. The second kappa shape index (κ2) is 6.16. The molecule has 1 unspecified atom stereocenters. The summed E-state index contributed by atoms with van der Waals surface area (Å²) in [7, 11) is 0. The maximum absolute atomic E-state index is 11.6. The fourth-order valence-corrected chi connectivity index (χ4v) is 3.73. The van der Waals surface area contributed by atoms with E-state index in [1.807, 2.05) is 25.3 Å². The first-order valence-electron chi connectivity index (χ1n) is 5.79. The molecule has 1 atom stereocenters. The van der Waals surface area contributed by atoms with Crippen LogP contribution >= 0.6 is 23.1 Å². The van der Waals surface area contributed by atoms with Crippen LogP contribution in [0.2, 0.25) is 0 Å². The van der Waals surface area contributed by atoms with Crippen molar-refractivity contribution in [3.63, 3.8) is 0 Å². The maximum Gasteiger partial charge on any atom is 0.226 e. The highest BCUT2D eigenvalue weighted by Gasteiger charge is 2.23. The number of amides is 1. The van der Waals surface area contributed by atoms with Crippen LogP contribution in [-0.4, -0.2) is 27.9 Å². The van der Waals surface area contributed by atoms with E-state index in [0.717, 1.165) is 21.1 Å². The zero-order valence-electron chi connectivity index (χ0n) is 10.8. The van der Waals surface area contributed by atoms with Gasteiger partial charge in [-0.3, -0.25) is 9.78 Å². The molecule has 0 fully saturated rings. The number of nitrogens with two attached hydrogens (primary N) is 1. The molecule has 0 spiro atoms. The molecule has 100 valence electrons. The molecule has 0 aliphatic heterocycles. The fourth-order valence-electron chi connectivity index (χ4n) is 1.80. The lowest BCUT2D eigenvalue weighted by Crippen LogP contribution is -2.23. The quantitative estimate of drug-likeness (QED) is 0.919. The molecular formula is C13H15N3OS2. The third kappa shape index (κ3) is 3.13. The molecule has 0 aliphatic carbocycles. The van der Waals surface area contributed by atoms with E-state index in [2.05, 4.69) is 9.97 Å². The molecule has 0 saturated heterocycles. The Balaban J connectivity index is 2.38. The van der Waals surface area contributed by atoms with Crippen LogP contribution in [0.25, 0.3) is 10.6 Å². The van der Waals surface area contributed by atoms with Crippen molar-refractivity contribution in [1.29, 1.82) is 0 Å². The van der Waals surface area contributed by atoms with Crippen molar-refractivity contribution in [3.8, 4) is 10.6 Å². The van der Waals surface area contributed by atoms with Crippen molar-refractivity contribution in [2.75, 3.05) is 12.0 Å². The first kappa shape index (κ1) is 14.0. The average Bonchev–Trinajstić information content (AvgIpc) is 2.78. The number of nitrogens with zero attached hydrogens (tertiary/aromatic N) is 2. The van der Waals surface area contributed by atoms with Crippen LogP contribution in [0.4, 0.5) is 0 Å². The van der Waals surface area contributed by atoms with Crippen molar-refractivity contribution in [1.82, 2.24) is 9.97 Å². The van der Waals surface area contributed by atoms with E-state index in [4.69, 9.17) is 5.73 Å². The first-order chi connectivity index (χ1) is 9.13. The molecule has 2 aromatic heterocycles. The first-order valence-corrected chi connectivity index (χ1v) is 8.00. The number of carbonyl (C=O) groups excluding carboxylic acids is 1. The Morgan fingerprint density at radius 3 is 2.95 bits per heavy atom. The minimum absolute atomic E-state index is 0.266. The fraction of sp³-hybridized carbons (Fsp3) is 0.308. The van der Waals surface area contributed by atoms with E-state index in [-0.39, 0.29) is 11.8 Å². The highest BCUT2D eigenvalue weighted by atomic mass is 32.2. The lowest BCUT2D eigenvalue weighted by atomic mass is 10.1. The van der Waals surface area contributed by atoms with Gasteiger partial charge in [0.2, 0.25) is 5.91 Å². The predicted molar refractivity (Wildman–Crippen MR) is 80.4 cm³/mol. The van der Waals surface area contributed by atoms with E-state index in [9.17, 15) is 4.79 Å². The van der Waals surface area contributed by atoms with Gasteiger partial charge in [-0.2, -0.15) is 11.8 Å². The maximum atomic E-state index is 11.6. The molecular weight excluding hydrogens is 278 g/mol. The van der Waals surface area contributed by atoms with Gasteiger partial charge in [-0.1, -0.05) is 0 Å². The van der Waals surface area contributed by atoms with Crippen molar-refractivity contribution in [2.24, 2.45) is 5.73 Å². The van der Waals surface area contributed by atoms with Gasteiger partial charge in [0.1, 0.15) is 5.01 Å². The summed E-state index contributed by atoms with van der Waals surface area (Å²) in [5.41, 5.74) is 7.33. The Hall–Kier alpha value is -1.40. The minimum atomic E-state index is -0.293. The minimum Gasteiger partial charge on any atom is -0.369 e. The summed E-state index contributed by atoms with van der Waals surface area (Å²) in [6.07, 6.45) is 5.47. The number of pyridine rings is 1. The predicted octanol–water partition coefficient (Wildman–Crippen LogP) is 2.45. The highest BCUT2D eigenvalue weighted by molar-refractivity contribution is 7.98. The average molecular weight is 293 g/mol. The van der Waals surface area contributed by atoms with Gasteiger partial charge in [0.25, 0.3) is 0 Å². The van der Waals surface area contributed by atoms with Crippen molar-refractivity contribution >= 4 is 29.0 Å². The number of rotatable bonds is 5. The smallest absolute Gasteiger partial charge is 0.226 e. The van der Waals surface area contributed by atoms with Crippen LogP contribution in [0.1, 0.15) is 16.5 Å². The van der Waals surface area contributed by atoms with Crippen LogP contribution < -0.4 is 5.73 Å². The van der Waals surface area contributed by atoms with Gasteiger partial charge < -0.3 is 5.73 Å². The molecule has 2 rings (SSSR count). The number of primary amides is 1. The van der Waals surface area contributed by atoms with E-state index in [1.54, 1.807) is 24.2 Å². The topological polar surface area (TPSA) is 68.9 Å². The Bertz CT molecular complexity index is 569. The molecule has 0 aromatic carbocycles. The van der Waals surface area contributed by atoms with Crippen molar-refractivity contribution in [2.45, 2.75) is 12.8 Å². The second-order valence-corrected chi connectivity index (χ2v) is 6.06. The number of hydrogen-bond donors (Lipinski definition) is 1. The zero-order valence-corrected chi connectivity index (χ0v) is 12.4. The van der Waals surface area contributed by atoms with Crippen LogP contribution in [-0.2, 0) is 4.79 Å². The summed E-state index contributed by atoms with van der Waals surface area (Å²) in [4.78, 5) is 21.1. The summed E-state index contributed by atoms with van der Waals surface area (Å²) in [5, 5.41) is 0.882. The van der Waals surface area contributed by atoms with Crippen molar-refractivity contribution in [3.05, 3.63) is 35.1 Å². The van der Waals surface area contributed by atoms with Gasteiger partial charge >= 0.3 is 0 Å². The number of thiazole rings is 1. The van der Waals surface area contributed by atoms with E-state index >= 15 is 0 Å². The largest absolute Gasteiger partial charge is 0.369 e. The van der Waals surface area contributed by atoms with Crippen molar-refractivity contribution < 1.29 is 4.79 Å². The number of aromatic nitrogens is 2. The highest BCUT2D eigenvalue weighted by Crippen LogP contribution is 2.33. The molecule has 6 heteroatoms. The lowest BCUT2D eigenvalue weighted by molar-refractivity contribution is -0.118. The van der Waals surface area contributed by atoms with Crippen LogP contribution in [0, 0.1) is 6.92 Å². The Kier molecular flexibility index (Phi) is 4.55. The number of thioether (sulfide) groups is 1. The summed E-state index contributed by atoms with van der Waals surface area (Å²) >= 11 is 3.14. The van der Waals surface area contributed by atoms with Gasteiger partial charge in [0.05, 0.1) is 11.6 Å². The number of hydrogen-bond acceptors (Lipinski definition) is 5. The molecule has 0 saturated carbocycles. The zero-order chi connectivity index (χ0) is 13.8. The molecule has 0 radical (unpaired) electrons. The molecule has 2 N–H and O–H groups in total. The van der Waals surface area contributed by atoms with Gasteiger partial charge in [-0.05, 0) is 25.3 Å². The molecule has 4 nitrogen and oxygen atoms in total. The third-order valence-corrected chi connectivity index (χ3v) is 4.72. The normalized spacial score (nSPS) is 12.3. The number of carbonyl (C=O) groups is 1. The summed E-state index contributed by atoms with van der Waals surface area (Å²) < 4.78 is 0. The van der Waals surface area contributed by atoms with Crippen LogP contribution in [0.5, 0.6) is 0 Å². The Morgan fingerprint density at radius 1 is 1.58 bits per heavy atom. The Labute approximate surface area is 120 Å². The molecule has 2 aromatic rings. The SMILES string of the molecule is CSCC(C(N)=O)c1sc(-c2cccnc2)nc1C. The van der Waals surface area contributed by atoms with E-state index < -0.39 is 0 Å². The summed E-state index contributed by atoms with van der Waals surface area (Å²) in [5.74, 6) is 0.127. The number of aryl methyl sites for hydroxylation is 1. The summed E-state index contributed by atoms with van der Waals surface area (Å²) in [6.45, 7) is 1.92. The second-order valence-electron chi connectivity index (χ2n) is 4.12. The molecule has 1 amide bonds. The van der Waals surface area contributed by atoms with Crippen LogP contribution in [0.3, 0.4) is 0 Å². The summed E-state index contributed by atoms with van der Waals surface area (Å²) in [6, 6.07) is 3.84. The monoisotopic (exact) mass is 293 g/mol.